The Hall–Kier alpha value is -2.18. The lowest BCUT2D eigenvalue weighted by molar-refractivity contribution is -0.385. The van der Waals surface area contributed by atoms with Crippen LogP contribution >= 0.6 is 0 Å². The molecule has 6 nitrogen and oxygen atoms in total. The summed E-state index contributed by atoms with van der Waals surface area (Å²) in [5, 5.41) is 21.9. The second-order valence-electron chi connectivity index (χ2n) is 3.98. The Labute approximate surface area is 103 Å². The molecule has 1 rings (SSSR count). The Balaban J connectivity index is 2.86. The van der Waals surface area contributed by atoms with Crippen LogP contribution in [0.4, 0.5) is 15.8 Å². The lowest BCUT2D eigenvalue weighted by Crippen LogP contribution is -2.30. The number of aliphatic carboxylic acids is 1. The van der Waals surface area contributed by atoms with E-state index in [0.29, 0.717) is 0 Å². The molecule has 0 amide bonds. The predicted molar refractivity (Wildman–Crippen MR) is 62.9 cm³/mol. The van der Waals surface area contributed by atoms with Crippen LogP contribution in [0.2, 0.25) is 0 Å². The first-order valence-corrected chi connectivity index (χ1v) is 5.26. The van der Waals surface area contributed by atoms with E-state index in [1.807, 2.05) is 0 Å². The predicted octanol–water partition coefficient (Wildman–Crippen LogP) is 2.25. The third-order valence-electron chi connectivity index (χ3n) is 2.69. The maximum atomic E-state index is 13.5. The van der Waals surface area contributed by atoms with E-state index in [2.05, 4.69) is 5.32 Å². The molecule has 7 heteroatoms. The first kappa shape index (κ1) is 13.9. The van der Waals surface area contributed by atoms with Crippen molar-refractivity contribution in [3.8, 4) is 0 Å². The first-order valence-electron chi connectivity index (χ1n) is 5.26. The number of halogens is 1. The zero-order chi connectivity index (χ0) is 13.9. The number of nitro benzene ring substituents is 1. The SMILES string of the molecule is CC(Nc1ccc([N+](=O)[O-])cc1F)C(C)C(=O)O. The van der Waals surface area contributed by atoms with E-state index in [1.54, 1.807) is 6.92 Å². The van der Waals surface area contributed by atoms with Crippen molar-refractivity contribution in [3.05, 3.63) is 34.1 Å². The molecule has 0 aliphatic rings. The molecule has 0 radical (unpaired) electrons. The van der Waals surface area contributed by atoms with Crippen molar-refractivity contribution in [3.63, 3.8) is 0 Å². The number of anilines is 1. The van der Waals surface area contributed by atoms with Crippen LogP contribution in [-0.4, -0.2) is 22.0 Å². The van der Waals surface area contributed by atoms with Gasteiger partial charge >= 0.3 is 5.97 Å². The Morgan fingerprint density at radius 1 is 1.50 bits per heavy atom. The molecule has 18 heavy (non-hydrogen) atoms. The van der Waals surface area contributed by atoms with Gasteiger partial charge in [0.1, 0.15) is 0 Å². The quantitative estimate of drug-likeness (QED) is 0.622. The summed E-state index contributed by atoms with van der Waals surface area (Å²) in [6, 6.07) is 2.67. The Morgan fingerprint density at radius 2 is 2.11 bits per heavy atom. The second-order valence-corrected chi connectivity index (χ2v) is 3.98. The molecular weight excluding hydrogens is 243 g/mol. The van der Waals surface area contributed by atoms with E-state index in [1.165, 1.54) is 13.0 Å². The largest absolute Gasteiger partial charge is 0.481 e. The molecule has 98 valence electrons. The summed E-state index contributed by atoms with van der Waals surface area (Å²) in [5.41, 5.74) is -0.307. The van der Waals surface area contributed by atoms with Gasteiger partial charge < -0.3 is 10.4 Å². The zero-order valence-corrected chi connectivity index (χ0v) is 9.88. The number of nitrogens with one attached hydrogen (secondary N) is 1. The van der Waals surface area contributed by atoms with Gasteiger partial charge in [0.2, 0.25) is 0 Å². The van der Waals surface area contributed by atoms with Crippen molar-refractivity contribution >= 4 is 17.3 Å². The van der Waals surface area contributed by atoms with Gasteiger partial charge in [-0.15, -0.1) is 0 Å². The number of hydrogen-bond donors (Lipinski definition) is 2. The third kappa shape index (κ3) is 3.16. The minimum absolute atomic E-state index is 0.0428. The molecule has 0 saturated carbocycles. The highest BCUT2D eigenvalue weighted by atomic mass is 19.1. The van der Waals surface area contributed by atoms with E-state index < -0.39 is 28.7 Å². The smallest absolute Gasteiger partial charge is 0.308 e. The maximum absolute atomic E-state index is 13.5. The molecule has 0 aliphatic heterocycles. The third-order valence-corrected chi connectivity index (χ3v) is 2.69. The van der Waals surface area contributed by atoms with Crippen molar-refractivity contribution in [2.75, 3.05) is 5.32 Å². The van der Waals surface area contributed by atoms with Crippen molar-refractivity contribution < 1.29 is 19.2 Å². The zero-order valence-electron chi connectivity index (χ0n) is 9.88. The maximum Gasteiger partial charge on any atom is 0.308 e. The molecule has 0 heterocycles. The molecule has 2 N–H and O–H groups in total. The minimum Gasteiger partial charge on any atom is -0.481 e. The summed E-state index contributed by atoms with van der Waals surface area (Å²) in [6.45, 7) is 3.09. The van der Waals surface area contributed by atoms with Gasteiger partial charge in [0.15, 0.2) is 5.82 Å². The summed E-state index contributed by atoms with van der Waals surface area (Å²) >= 11 is 0. The van der Waals surface area contributed by atoms with Crippen LogP contribution in [0, 0.1) is 21.8 Å². The summed E-state index contributed by atoms with van der Waals surface area (Å²) in [6.07, 6.45) is 0. The van der Waals surface area contributed by atoms with Crippen molar-refractivity contribution in [1.29, 1.82) is 0 Å². The molecule has 0 saturated heterocycles. The first-order chi connectivity index (χ1) is 8.32. The van der Waals surface area contributed by atoms with Gasteiger partial charge in [0.25, 0.3) is 5.69 Å². The average Bonchev–Trinajstić information content (AvgIpc) is 2.30. The van der Waals surface area contributed by atoms with Crippen LogP contribution in [-0.2, 0) is 4.79 Å². The van der Waals surface area contributed by atoms with E-state index in [4.69, 9.17) is 5.11 Å². The number of nitro groups is 1. The summed E-state index contributed by atoms with van der Waals surface area (Å²) in [7, 11) is 0. The number of hydrogen-bond acceptors (Lipinski definition) is 4. The highest BCUT2D eigenvalue weighted by Gasteiger charge is 2.20. The summed E-state index contributed by atoms with van der Waals surface area (Å²) in [4.78, 5) is 20.5. The van der Waals surface area contributed by atoms with Crippen LogP contribution in [0.1, 0.15) is 13.8 Å². The normalized spacial score (nSPS) is 13.7. The number of nitrogens with zero attached hydrogens (tertiary/aromatic N) is 1. The molecule has 0 aliphatic carbocycles. The molecule has 1 aromatic rings. The standard InChI is InChI=1S/C11H13FN2O4/c1-6(11(15)16)7(2)13-10-4-3-8(14(17)18)5-9(10)12/h3-7,13H,1-2H3,(H,15,16). The van der Waals surface area contributed by atoms with Crippen LogP contribution < -0.4 is 5.32 Å². The molecule has 0 spiro atoms. The minimum atomic E-state index is -1.00. The van der Waals surface area contributed by atoms with Crippen molar-refractivity contribution in [2.45, 2.75) is 19.9 Å². The van der Waals surface area contributed by atoms with Crippen molar-refractivity contribution in [1.82, 2.24) is 0 Å². The van der Waals surface area contributed by atoms with Crippen LogP contribution in [0.5, 0.6) is 0 Å². The van der Waals surface area contributed by atoms with E-state index in [9.17, 15) is 19.3 Å². The number of rotatable bonds is 5. The van der Waals surface area contributed by atoms with Gasteiger partial charge in [0, 0.05) is 12.1 Å². The Morgan fingerprint density at radius 3 is 2.56 bits per heavy atom. The second kappa shape index (κ2) is 5.44. The Bertz CT molecular complexity index is 478. The highest BCUT2D eigenvalue weighted by Crippen LogP contribution is 2.22. The van der Waals surface area contributed by atoms with Gasteiger partial charge in [-0.3, -0.25) is 14.9 Å². The van der Waals surface area contributed by atoms with Gasteiger partial charge in [-0.25, -0.2) is 4.39 Å². The van der Waals surface area contributed by atoms with Gasteiger partial charge in [-0.1, -0.05) is 0 Å². The lowest BCUT2D eigenvalue weighted by Gasteiger charge is -2.19. The molecule has 1 aromatic carbocycles. The number of carbonyl (C=O) groups is 1. The van der Waals surface area contributed by atoms with Gasteiger partial charge in [-0.2, -0.15) is 0 Å². The lowest BCUT2D eigenvalue weighted by atomic mass is 10.0. The van der Waals surface area contributed by atoms with Crippen LogP contribution in [0.15, 0.2) is 18.2 Å². The molecule has 2 unspecified atom stereocenters. The van der Waals surface area contributed by atoms with Gasteiger partial charge in [0.05, 0.1) is 22.6 Å². The topological polar surface area (TPSA) is 92.5 Å². The van der Waals surface area contributed by atoms with E-state index in [0.717, 1.165) is 12.1 Å². The Kier molecular flexibility index (Phi) is 4.19. The molecule has 2 atom stereocenters. The number of carboxylic acids is 1. The molecule has 0 bridgehead atoms. The average molecular weight is 256 g/mol. The number of non-ortho nitro benzene ring substituents is 1. The van der Waals surface area contributed by atoms with Gasteiger partial charge in [-0.05, 0) is 19.9 Å². The van der Waals surface area contributed by atoms with E-state index >= 15 is 0 Å². The number of benzene rings is 1. The summed E-state index contributed by atoms with van der Waals surface area (Å²) < 4.78 is 13.5. The van der Waals surface area contributed by atoms with Crippen LogP contribution in [0.3, 0.4) is 0 Å². The van der Waals surface area contributed by atoms with Crippen LogP contribution in [0.25, 0.3) is 0 Å². The fourth-order valence-electron chi connectivity index (χ4n) is 1.32. The summed E-state index contributed by atoms with van der Waals surface area (Å²) in [5.74, 6) is -2.49. The molecular formula is C11H13FN2O4. The monoisotopic (exact) mass is 256 g/mol. The fourth-order valence-corrected chi connectivity index (χ4v) is 1.32. The number of carboxylic acid groups (broad SMARTS) is 1. The fraction of sp³-hybridized carbons (Fsp3) is 0.364. The van der Waals surface area contributed by atoms with Crippen molar-refractivity contribution in [2.24, 2.45) is 5.92 Å². The van der Waals surface area contributed by atoms with E-state index in [-0.39, 0.29) is 11.4 Å². The molecule has 0 fully saturated rings. The highest BCUT2D eigenvalue weighted by molar-refractivity contribution is 5.71. The molecule has 0 aromatic heterocycles.